The summed E-state index contributed by atoms with van der Waals surface area (Å²) in [5.41, 5.74) is 3.45. The molecule has 2 amide bonds. The van der Waals surface area contributed by atoms with Crippen LogP contribution < -0.4 is 15.5 Å². The lowest BCUT2D eigenvalue weighted by atomic mass is 10.0. The van der Waals surface area contributed by atoms with Gasteiger partial charge in [0.1, 0.15) is 0 Å². The minimum absolute atomic E-state index is 0.0667. The zero-order valence-electron chi connectivity index (χ0n) is 18.9. The van der Waals surface area contributed by atoms with Crippen molar-refractivity contribution in [1.29, 1.82) is 0 Å². The number of nitrogens with zero attached hydrogens (tertiary/aromatic N) is 2. The molecule has 0 radical (unpaired) electrons. The Kier molecular flexibility index (Phi) is 8.94. The fourth-order valence-corrected chi connectivity index (χ4v) is 4.16. The minimum atomic E-state index is -0.362. The highest BCUT2D eigenvalue weighted by molar-refractivity contribution is 6.30. The lowest BCUT2D eigenvalue weighted by molar-refractivity contribution is -0.122. The smallest absolute Gasteiger partial charge is 0.222 e. The van der Waals surface area contributed by atoms with Crippen LogP contribution in [-0.4, -0.2) is 56.0 Å². The number of rotatable bonds is 9. The van der Waals surface area contributed by atoms with E-state index in [0.717, 1.165) is 44.7 Å². The molecule has 0 bridgehead atoms. The number of halogens is 1. The van der Waals surface area contributed by atoms with Crippen molar-refractivity contribution in [2.24, 2.45) is 0 Å². The van der Waals surface area contributed by atoms with Gasteiger partial charge in [0, 0.05) is 50.4 Å². The maximum Gasteiger partial charge on any atom is 0.222 e. The van der Waals surface area contributed by atoms with Crippen LogP contribution in [0.2, 0.25) is 5.02 Å². The van der Waals surface area contributed by atoms with E-state index in [-0.39, 0.29) is 24.3 Å². The lowest BCUT2D eigenvalue weighted by Gasteiger charge is -2.36. The number of hydrogen-bond donors (Lipinski definition) is 2. The van der Waals surface area contributed by atoms with E-state index in [2.05, 4.69) is 51.6 Å². The zero-order valence-corrected chi connectivity index (χ0v) is 19.7. The molecule has 1 fully saturated rings. The molecule has 0 aromatic heterocycles. The van der Waals surface area contributed by atoms with Crippen LogP contribution >= 0.6 is 11.6 Å². The number of carbonyl (C=O) groups is 2. The van der Waals surface area contributed by atoms with Gasteiger partial charge in [0.15, 0.2) is 0 Å². The van der Waals surface area contributed by atoms with Gasteiger partial charge in [-0.05, 0) is 55.3 Å². The van der Waals surface area contributed by atoms with Gasteiger partial charge in [0.2, 0.25) is 11.8 Å². The molecular weight excluding hydrogens is 424 g/mol. The first-order chi connectivity index (χ1) is 15.4. The second-order valence-corrected chi connectivity index (χ2v) is 8.82. The Bertz CT molecular complexity index is 895. The second kappa shape index (κ2) is 11.9. The van der Waals surface area contributed by atoms with Gasteiger partial charge < -0.3 is 15.5 Å². The van der Waals surface area contributed by atoms with Gasteiger partial charge in [-0.2, -0.15) is 0 Å². The second-order valence-electron chi connectivity index (χ2n) is 8.38. The molecule has 0 aliphatic carbocycles. The quantitative estimate of drug-likeness (QED) is 0.566. The van der Waals surface area contributed by atoms with Crippen molar-refractivity contribution in [3.63, 3.8) is 0 Å². The highest BCUT2D eigenvalue weighted by atomic mass is 35.5. The van der Waals surface area contributed by atoms with Crippen molar-refractivity contribution < 1.29 is 9.59 Å². The molecule has 3 rings (SSSR count). The first-order valence-corrected chi connectivity index (χ1v) is 11.6. The topological polar surface area (TPSA) is 64.7 Å². The van der Waals surface area contributed by atoms with Crippen LogP contribution in [0.1, 0.15) is 36.9 Å². The summed E-state index contributed by atoms with van der Waals surface area (Å²) in [7, 11) is 0. The third kappa shape index (κ3) is 7.53. The van der Waals surface area contributed by atoms with Crippen LogP contribution in [0.15, 0.2) is 48.5 Å². The Morgan fingerprint density at radius 1 is 1.06 bits per heavy atom. The van der Waals surface area contributed by atoms with Crippen molar-refractivity contribution in [3.8, 4) is 0 Å². The number of hydrogen-bond acceptors (Lipinski definition) is 4. The third-order valence-corrected chi connectivity index (χ3v) is 6.00. The molecule has 32 heavy (non-hydrogen) atoms. The average Bonchev–Trinajstić information content (AvgIpc) is 2.77. The first kappa shape index (κ1) is 24.1. The summed E-state index contributed by atoms with van der Waals surface area (Å²) in [6.45, 7) is 9.29. The molecule has 2 aromatic carbocycles. The highest BCUT2D eigenvalue weighted by Crippen LogP contribution is 2.20. The van der Waals surface area contributed by atoms with E-state index in [9.17, 15) is 9.59 Å². The first-order valence-electron chi connectivity index (χ1n) is 11.2. The molecule has 1 unspecified atom stereocenters. The molecular formula is C25H33ClN4O2. The van der Waals surface area contributed by atoms with Crippen LogP contribution in [-0.2, 0) is 9.59 Å². The molecule has 2 aromatic rings. The van der Waals surface area contributed by atoms with Crippen molar-refractivity contribution in [1.82, 2.24) is 15.5 Å². The van der Waals surface area contributed by atoms with Gasteiger partial charge in [0.05, 0.1) is 12.5 Å². The highest BCUT2D eigenvalue weighted by Gasteiger charge is 2.18. The molecule has 7 heteroatoms. The van der Waals surface area contributed by atoms with E-state index >= 15 is 0 Å². The number of piperazine rings is 1. The zero-order chi connectivity index (χ0) is 22.9. The minimum Gasteiger partial charge on any atom is -0.369 e. The van der Waals surface area contributed by atoms with E-state index in [1.165, 1.54) is 18.2 Å². The van der Waals surface area contributed by atoms with E-state index in [1.54, 1.807) is 12.1 Å². The normalized spacial score (nSPS) is 15.3. The summed E-state index contributed by atoms with van der Waals surface area (Å²) < 4.78 is 0. The van der Waals surface area contributed by atoms with Crippen LogP contribution in [0, 0.1) is 6.92 Å². The molecule has 1 saturated heterocycles. The molecule has 1 atom stereocenters. The van der Waals surface area contributed by atoms with Gasteiger partial charge in [-0.3, -0.25) is 14.5 Å². The van der Waals surface area contributed by atoms with Crippen molar-refractivity contribution in [2.45, 2.75) is 32.7 Å². The van der Waals surface area contributed by atoms with Gasteiger partial charge in [-0.25, -0.2) is 0 Å². The van der Waals surface area contributed by atoms with Gasteiger partial charge in [-0.15, -0.1) is 0 Å². The van der Waals surface area contributed by atoms with E-state index in [0.29, 0.717) is 11.6 Å². The average molecular weight is 457 g/mol. The SMILES string of the molecule is CC(=O)NC(CC(=O)NCCCN1CCN(c2cccc(C)c2)CC1)c1ccc(Cl)cc1. The summed E-state index contributed by atoms with van der Waals surface area (Å²) in [6.07, 6.45) is 1.11. The van der Waals surface area contributed by atoms with E-state index in [1.807, 2.05) is 12.1 Å². The van der Waals surface area contributed by atoms with Crippen LogP contribution in [0.4, 0.5) is 5.69 Å². The predicted octanol–water partition coefficient (Wildman–Crippen LogP) is 3.54. The van der Waals surface area contributed by atoms with E-state index < -0.39 is 0 Å². The van der Waals surface area contributed by atoms with Gasteiger partial charge in [-0.1, -0.05) is 35.9 Å². The van der Waals surface area contributed by atoms with Crippen LogP contribution in [0.3, 0.4) is 0 Å². The fourth-order valence-electron chi connectivity index (χ4n) is 4.04. The van der Waals surface area contributed by atoms with Crippen LogP contribution in [0.5, 0.6) is 0 Å². The number of anilines is 1. The molecule has 6 nitrogen and oxygen atoms in total. The molecule has 0 spiro atoms. The van der Waals surface area contributed by atoms with Gasteiger partial charge >= 0.3 is 0 Å². The van der Waals surface area contributed by atoms with Gasteiger partial charge in [0.25, 0.3) is 0 Å². The molecule has 0 saturated carbocycles. The Balaban J connectivity index is 1.37. The molecule has 2 N–H and O–H groups in total. The maximum absolute atomic E-state index is 12.4. The Hall–Kier alpha value is -2.57. The lowest BCUT2D eigenvalue weighted by Crippen LogP contribution is -2.47. The molecule has 1 aliphatic rings. The van der Waals surface area contributed by atoms with Crippen molar-refractivity contribution >= 4 is 29.1 Å². The number of aryl methyl sites for hydroxylation is 1. The Morgan fingerprint density at radius 2 is 1.78 bits per heavy atom. The molecule has 172 valence electrons. The number of nitrogens with one attached hydrogen (secondary N) is 2. The summed E-state index contributed by atoms with van der Waals surface area (Å²) in [5.74, 6) is -0.231. The number of benzene rings is 2. The molecule has 1 heterocycles. The summed E-state index contributed by atoms with van der Waals surface area (Å²) in [5, 5.41) is 6.47. The summed E-state index contributed by atoms with van der Waals surface area (Å²) >= 11 is 5.95. The third-order valence-electron chi connectivity index (χ3n) is 5.75. The van der Waals surface area contributed by atoms with Crippen LogP contribution in [0.25, 0.3) is 0 Å². The fraction of sp³-hybridized carbons (Fsp3) is 0.440. The number of carbonyl (C=O) groups excluding carboxylic acids is 2. The van der Waals surface area contributed by atoms with Crippen molar-refractivity contribution in [2.75, 3.05) is 44.2 Å². The van der Waals surface area contributed by atoms with Crippen molar-refractivity contribution in [3.05, 3.63) is 64.7 Å². The summed E-state index contributed by atoms with van der Waals surface area (Å²) in [4.78, 5) is 28.9. The summed E-state index contributed by atoms with van der Waals surface area (Å²) in [6, 6.07) is 15.5. The Morgan fingerprint density at radius 3 is 2.44 bits per heavy atom. The predicted molar refractivity (Wildman–Crippen MR) is 130 cm³/mol. The maximum atomic E-state index is 12.4. The standard InChI is InChI=1S/C25H33ClN4O2/c1-19-5-3-6-23(17-19)30-15-13-29(14-16-30)12-4-11-27-25(32)18-24(28-20(2)31)21-7-9-22(26)10-8-21/h3,5-10,17,24H,4,11-16,18H2,1-2H3,(H,27,32)(H,28,31). The van der Waals surface area contributed by atoms with E-state index in [4.69, 9.17) is 11.6 Å². The molecule has 1 aliphatic heterocycles. The Labute approximate surface area is 195 Å². The largest absolute Gasteiger partial charge is 0.369 e. The number of amides is 2. The monoisotopic (exact) mass is 456 g/mol.